The second kappa shape index (κ2) is 9.19. The summed E-state index contributed by atoms with van der Waals surface area (Å²) < 4.78 is 16.2. The van der Waals surface area contributed by atoms with E-state index in [-0.39, 0.29) is 0 Å². The highest BCUT2D eigenvalue weighted by molar-refractivity contribution is 6.44. The molecule has 0 aliphatic carbocycles. The van der Waals surface area contributed by atoms with Gasteiger partial charge in [-0.05, 0) is 20.3 Å². The zero-order chi connectivity index (χ0) is 9.23. The summed E-state index contributed by atoms with van der Waals surface area (Å²) in [6.45, 7) is 8.33. The second-order valence-electron chi connectivity index (χ2n) is 2.42. The summed E-state index contributed by atoms with van der Waals surface area (Å²) in [6.07, 6.45) is 1.73. The molecule has 0 unspecified atom stereocenters. The second-order valence-corrected chi connectivity index (χ2v) is 4.27. The average molecular weight is 192 g/mol. The Morgan fingerprint density at radius 1 is 1.00 bits per heavy atom. The first-order valence-electron chi connectivity index (χ1n) is 4.66. The lowest BCUT2D eigenvalue weighted by molar-refractivity contribution is 0.124. The Balaban J connectivity index is 3.34. The molecular formula is C8H20O3Si. The average Bonchev–Trinajstić information content (AvgIpc) is 2.06. The Hall–Kier alpha value is 0.0969. The lowest BCUT2D eigenvalue weighted by atomic mass is 10.5. The first-order valence-corrected chi connectivity index (χ1v) is 6.41. The van der Waals surface area contributed by atoms with Gasteiger partial charge in [-0.15, -0.1) is 0 Å². The molecule has 0 saturated carbocycles. The number of hydrogen-bond donors (Lipinski definition) is 0. The van der Waals surface area contributed by atoms with Gasteiger partial charge in [0.25, 0.3) is 0 Å². The Morgan fingerprint density at radius 3 is 2.00 bits per heavy atom. The van der Waals surface area contributed by atoms with Gasteiger partial charge in [-0.3, -0.25) is 0 Å². The van der Waals surface area contributed by atoms with Crippen LogP contribution in [0.1, 0.15) is 27.2 Å². The summed E-state index contributed by atoms with van der Waals surface area (Å²) in [5, 5.41) is 0. The van der Waals surface area contributed by atoms with Crippen LogP contribution in [0.2, 0.25) is 0 Å². The first-order chi connectivity index (χ1) is 5.85. The highest BCUT2D eigenvalue weighted by Crippen LogP contribution is 1.92. The highest BCUT2D eigenvalue weighted by atomic mass is 28.3. The van der Waals surface area contributed by atoms with Gasteiger partial charge < -0.3 is 13.6 Å². The molecule has 0 saturated heterocycles. The zero-order valence-corrected chi connectivity index (χ0v) is 9.49. The molecule has 0 aromatic rings. The molecule has 0 aromatic carbocycles. The van der Waals surface area contributed by atoms with Crippen molar-refractivity contribution < 1.29 is 13.6 Å². The van der Waals surface area contributed by atoms with Crippen LogP contribution in [0.5, 0.6) is 0 Å². The summed E-state index contributed by atoms with van der Waals surface area (Å²) in [6, 6.07) is 0. The zero-order valence-electron chi connectivity index (χ0n) is 8.34. The van der Waals surface area contributed by atoms with Crippen LogP contribution in [0.3, 0.4) is 0 Å². The maximum Gasteiger partial charge on any atom is 0.348 e. The van der Waals surface area contributed by atoms with Crippen molar-refractivity contribution in [3.05, 3.63) is 0 Å². The van der Waals surface area contributed by atoms with Crippen molar-refractivity contribution >= 4 is 9.28 Å². The van der Waals surface area contributed by atoms with E-state index in [2.05, 4.69) is 6.92 Å². The quantitative estimate of drug-likeness (QED) is 0.428. The van der Waals surface area contributed by atoms with Gasteiger partial charge in [-0.1, -0.05) is 6.92 Å². The van der Waals surface area contributed by atoms with E-state index >= 15 is 0 Å². The van der Waals surface area contributed by atoms with Gasteiger partial charge in [0.1, 0.15) is 0 Å². The van der Waals surface area contributed by atoms with E-state index in [9.17, 15) is 0 Å². The van der Waals surface area contributed by atoms with E-state index in [0.29, 0.717) is 6.23 Å². The summed E-state index contributed by atoms with van der Waals surface area (Å²) in [5.41, 5.74) is 0. The summed E-state index contributed by atoms with van der Waals surface area (Å²) in [5.74, 6) is 0. The number of rotatable bonds is 8. The van der Waals surface area contributed by atoms with E-state index in [1.54, 1.807) is 0 Å². The minimum atomic E-state index is -1.49. The molecule has 0 atom stereocenters. The smallest absolute Gasteiger partial charge is 0.348 e. The van der Waals surface area contributed by atoms with Gasteiger partial charge >= 0.3 is 9.28 Å². The van der Waals surface area contributed by atoms with Gasteiger partial charge in [-0.25, -0.2) is 0 Å². The normalized spacial score (nSPS) is 11.0. The molecule has 4 heteroatoms. The molecule has 0 radical (unpaired) electrons. The predicted octanol–water partition coefficient (Wildman–Crippen LogP) is 1.25. The van der Waals surface area contributed by atoms with Crippen molar-refractivity contribution in [1.82, 2.24) is 0 Å². The maximum absolute atomic E-state index is 5.42. The Bertz CT molecular complexity index is 84.4. The van der Waals surface area contributed by atoms with Crippen LogP contribution >= 0.6 is 0 Å². The van der Waals surface area contributed by atoms with Crippen molar-refractivity contribution in [3.63, 3.8) is 0 Å². The van der Waals surface area contributed by atoms with Crippen LogP contribution in [-0.4, -0.2) is 35.3 Å². The Morgan fingerprint density at radius 2 is 1.58 bits per heavy atom. The van der Waals surface area contributed by atoms with Crippen molar-refractivity contribution in [2.45, 2.75) is 27.2 Å². The maximum atomic E-state index is 5.42. The largest absolute Gasteiger partial charge is 0.396 e. The van der Waals surface area contributed by atoms with Crippen molar-refractivity contribution in [2.75, 3.05) is 26.1 Å². The number of hydrogen-bond acceptors (Lipinski definition) is 3. The first kappa shape index (κ1) is 12.1. The van der Waals surface area contributed by atoms with Gasteiger partial charge in [0, 0.05) is 19.8 Å². The van der Waals surface area contributed by atoms with E-state index in [1.165, 1.54) is 0 Å². The molecule has 3 nitrogen and oxygen atoms in total. The third-order valence-corrected chi connectivity index (χ3v) is 3.23. The molecule has 0 rings (SSSR count). The van der Waals surface area contributed by atoms with E-state index < -0.39 is 9.28 Å². The lowest BCUT2D eigenvalue weighted by Gasteiger charge is -2.14. The third kappa shape index (κ3) is 6.79. The molecule has 0 amide bonds. The van der Waals surface area contributed by atoms with Crippen LogP contribution in [0, 0.1) is 0 Å². The Kier molecular flexibility index (Phi) is 9.26. The SMILES string of the molecule is CCCOC[SiH](OCC)OCC. The number of ether oxygens (including phenoxy) is 1. The molecule has 0 aliphatic rings. The van der Waals surface area contributed by atoms with Crippen LogP contribution in [-0.2, 0) is 13.6 Å². The third-order valence-electron chi connectivity index (χ3n) is 1.31. The van der Waals surface area contributed by atoms with Crippen LogP contribution in [0.25, 0.3) is 0 Å². The summed E-state index contributed by atoms with van der Waals surface area (Å²) >= 11 is 0. The molecule has 74 valence electrons. The van der Waals surface area contributed by atoms with Gasteiger partial charge in [0.2, 0.25) is 0 Å². The molecule has 0 aromatic heterocycles. The Labute approximate surface area is 76.9 Å². The van der Waals surface area contributed by atoms with Gasteiger partial charge in [0.05, 0.1) is 6.23 Å². The molecule has 0 fully saturated rings. The van der Waals surface area contributed by atoms with Crippen LogP contribution < -0.4 is 0 Å². The molecule has 0 aliphatic heterocycles. The molecule has 0 N–H and O–H groups in total. The van der Waals surface area contributed by atoms with E-state index in [4.69, 9.17) is 13.6 Å². The monoisotopic (exact) mass is 192 g/mol. The van der Waals surface area contributed by atoms with Crippen molar-refractivity contribution in [3.8, 4) is 0 Å². The molecule has 0 spiro atoms. The van der Waals surface area contributed by atoms with Gasteiger partial charge in [0.15, 0.2) is 0 Å². The summed E-state index contributed by atoms with van der Waals surface area (Å²) in [7, 11) is -1.49. The minimum absolute atomic E-state index is 0.676. The molecule has 12 heavy (non-hydrogen) atoms. The van der Waals surface area contributed by atoms with Gasteiger partial charge in [-0.2, -0.15) is 0 Å². The fraction of sp³-hybridized carbons (Fsp3) is 1.00. The topological polar surface area (TPSA) is 27.7 Å². The standard InChI is InChI=1S/C8H20O3Si/c1-4-7-9-8-12(10-5-2)11-6-3/h12H,4-8H2,1-3H3. The van der Waals surface area contributed by atoms with E-state index in [1.807, 2.05) is 13.8 Å². The minimum Gasteiger partial charge on any atom is -0.396 e. The van der Waals surface area contributed by atoms with E-state index in [0.717, 1.165) is 26.2 Å². The van der Waals surface area contributed by atoms with Crippen molar-refractivity contribution in [2.24, 2.45) is 0 Å². The van der Waals surface area contributed by atoms with Crippen LogP contribution in [0.4, 0.5) is 0 Å². The highest BCUT2D eigenvalue weighted by Gasteiger charge is 2.11. The molecule has 0 bridgehead atoms. The predicted molar refractivity (Wildman–Crippen MR) is 51.5 cm³/mol. The lowest BCUT2D eigenvalue weighted by Crippen LogP contribution is -2.29. The summed E-state index contributed by atoms with van der Waals surface area (Å²) in [4.78, 5) is 0. The van der Waals surface area contributed by atoms with Crippen molar-refractivity contribution in [1.29, 1.82) is 0 Å². The molecular weight excluding hydrogens is 172 g/mol. The fourth-order valence-electron chi connectivity index (χ4n) is 0.840. The molecule has 0 heterocycles. The fourth-order valence-corrected chi connectivity index (χ4v) is 2.23. The van der Waals surface area contributed by atoms with Crippen LogP contribution in [0.15, 0.2) is 0 Å².